The number of rotatable bonds is 6. The van der Waals surface area contributed by atoms with E-state index in [9.17, 15) is 14.9 Å². The van der Waals surface area contributed by atoms with Crippen LogP contribution in [0.2, 0.25) is 0 Å². The van der Waals surface area contributed by atoms with Gasteiger partial charge in [0.1, 0.15) is 11.5 Å². The molecule has 3 aromatic rings. The number of benzene rings is 1. The molecule has 3 rings (SSSR count). The molecule has 2 heterocycles. The standard InChI is InChI=1S/C18H18N6O3/c1-22(2)17-14(4-3-7-20-17)11-21-18(25)13-5-6-15(16(10-13)24(26)27)23-9-8-19-12-23/h3-10,12H,11H2,1-2H3,(H,21,25). The van der Waals surface area contributed by atoms with E-state index in [1.807, 2.05) is 25.1 Å². The average Bonchev–Trinajstić information content (AvgIpc) is 3.20. The molecule has 0 unspecified atom stereocenters. The van der Waals surface area contributed by atoms with E-state index in [1.165, 1.54) is 29.2 Å². The summed E-state index contributed by atoms with van der Waals surface area (Å²) in [5.41, 5.74) is 1.23. The molecule has 0 aliphatic carbocycles. The first-order valence-electron chi connectivity index (χ1n) is 8.13. The molecule has 0 aliphatic rings. The second-order valence-electron chi connectivity index (χ2n) is 5.99. The highest BCUT2D eigenvalue weighted by atomic mass is 16.6. The summed E-state index contributed by atoms with van der Waals surface area (Å²) in [5, 5.41) is 14.2. The van der Waals surface area contributed by atoms with Crippen molar-refractivity contribution in [2.24, 2.45) is 0 Å². The lowest BCUT2D eigenvalue weighted by atomic mass is 10.1. The van der Waals surface area contributed by atoms with Crippen LogP contribution in [0.3, 0.4) is 0 Å². The van der Waals surface area contributed by atoms with Gasteiger partial charge in [-0.25, -0.2) is 9.97 Å². The van der Waals surface area contributed by atoms with Crippen LogP contribution in [-0.4, -0.2) is 39.5 Å². The van der Waals surface area contributed by atoms with Crippen LogP contribution in [0.25, 0.3) is 5.69 Å². The highest BCUT2D eigenvalue weighted by Gasteiger charge is 2.19. The van der Waals surface area contributed by atoms with E-state index in [1.54, 1.807) is 24.5 Å². The molecule has 1 aromatic carbocycles. The van der Waals surface area contributed by atoms with Gasteiger partial charge in [0.2, 0.25) is 0 Å². The third kappa shape index (κ3) is 3.92. The molecule has 0 aliphatic heterocycles. The van der Waals surface area contributed by atoms with Gasteiger partial charge in [-0.3, -0.25) is 14.9 Å². The van der Waals surface area contributed by atoms with Crippen molar-refractivity contribution in [1.82, 2.24) is 19.9 Å². The van der Waals surface area contributed by atoms with Crippen LogP contribution in [-0.2, 0) is 6.54 Å². The van der Waals surface area contributed by atoms with E-state index in [0.717, 1.165) is 11.4 Å². The van der Waals surface area contributed by atoms with Gasteiger partial charge in [-0.2, -0.15) is 0 Å². The summed E-state index contributed by atoms with van der Waals surface area (Å²) in [6.07, 6.45) is 6.28. The SMILES string of the molecule is CN(C)c1ncccc1CNC(=O)c1ccc(-n2ccnc2)c([N+](=O)[O-])c1. The smallest absolute Gasteiger partial charge is 0.294 e. The maximum Gasteiger partial charge on any atom is 0.294 e. The molecule has 0 spiro atoms. The van der Waals surface area contributed by atoms with Gasteiger partial charge >= 0.3 is 0 Å². The molecule has 9 heteroatoms. The third-order valence-corrected chi connectivity index (χ3v) is 3.95. The predicted molar refractivity (Wildman–Crippen MR) is 100.0 cm³/mol. The van der Waals surface area contributed by atoms with Crippen molar-refractivity contribution >= 4 is 17.4 Å². The highest BCUT2D eigenvalue weighted by Crippen LogP contribution is 2.24. The molecule has 0 saturated carbocycles. The van der Waals surface area contributed by atoms with E-state index < -0.39 is 10.8 Å². The molecule has 1 N–H and O–H groups in total. The molecule has 138 valence electrons. The maximum atomic E-state index is 12.5. The number of aromatic nitrogens is 3. The van der Waals surface area contributed by atoms with Crippen molar-refractivity contribution in [3.63, 3.8) is 0 Å². The van der Waals surface area contributed by atoms with Crippen LogP contribution in [0, 0.1) is 10.1 Å². The molecule has 9 nitrogen and oxygen atoms in total. The average molecular weight is 366 g/mol. The first kappa shape index (κ1) is 18.1. The van der Waals surface area contributed by atoms with E-state index >= 15 is 0 Å². The monoisotopic (exact) mass is 366 g/mol. The molecular weight excluding hydrogens is 348 g/mol. The number of pyridine rings is 1. The fourth-order valence-corrected chi connectivity index (χ4v) is 2.68. The summed E-state index contributed by atoms with van der Waals surface area (Å²) < 4.78 is 1.53. The second-order valence-corrected chi connectivity index (χ2v) is 5.99. The van der Waals surface area contributed by atoms with Crippen molar-refractivity contribution < 1.29 is 9.72 Å². The number of carbonyl (C=O) groups excluding carboxylic acids is 1. The minimum absolute atomic E-state index is 0.170. The quantitative estimate of drug-likeness (QED) is 0.529. The lowest BCUT2D eigenvalue weighted by Crippen LogP contribution is -2.24. The molecule has 2 aromatic heterocycles. The van der Waals surface area contributed by atoms with E-state index in [-0.39, 0.29) is 17.8 Å². The Balaban J connectivity index is 1.82. The number of amides is 1. The normalized spacial score (nSPS) is 10.4. The maximum absolute atomic E-state index is 12.5. The van der Waals surface area contributed by atoms with E-state index in [2.05, 4.69) is 15.3 Å². The van der Waals surface area contributed by atoms with Crippen LogP contribution >= 0.6 is 0 Å². The van der Waals surface area contributed by atoms with Gasteiger partial charge in [-0.05, 0) is 18.2 Å². The summed E-state index contributed by atoms with van der Waals surface area (Å²) in [7, 11) is 3.73. The van der Waals surface area contributed by atoms with Crippen molar-refractivity contribution in [2.45, 2.75) is 6.54 Å². The molecule has 0 atom stereocenters. The molecular formula is C18H18N6O3. The van der Waals surface area contributed by atoms with E-state index in [4.69, 9.17) is 0 Å². The Bertz CT molecular complexity index is 969. The van der Waals surface area contributed by atoms with Gasteiger partial charge in [0, 0.05) is 56.4 Å². The Morgan fingerprint density at radius 2 is 2.11 bits per heavy atom. The summed E-state index contributed by atoms with van der Waals surface area (Å²) in [4.78, 5) is 33.4. The largest absolute Gasteiger partial charge is 0.362 e. The van der Waals surface area contributed by atoms with Crippen LogP contribution in [0.1, 0.15) is 15.9 Å². The Morgan fingerprint density at radius 3 is 2.78 bits per heavy atom. The number of anilines is 1. The number of hydrogen-bond acceptors (Lipinski definition) is 6. The molecule has 0 bridgehead atoms. The van der Waals surface area contributed by atoms with Gasteiger partial charge in [0.25, 0.3) is 11.6 Å². The van der Waals surface area contributed by atoms with Crippen LogP contribution < -0.4 is 10.2 Å². The van der Waals surface area contributed by atoms with Gasteiger partial charge in [-0.1, -0.05) is 6.07 Å². The minimum atomic E-state index is -0.516. The Morgan fingerprint density at radius 1 is 1.30 bits per heavy atom. The van der Waals surface area contributed by atoms with Crippen LogP contribution in [0.5, 0.6) is 0 Å². The molecule has 0 saturated heterocycles. The third-order valence-electron chi connectivity index (χ3n) is 3.95. The fraction of sp³-hybridized carbons (Fsp3) is 0.167. The zero-order valence-corrected chi connectivity index (χ0v) is 14.9. The number of nitrogens with one attached hydrogen (secondary N) is 1. The predicted octanol–water partition coefficient (Wildman–Crippen LogP) is 2.17. The zero-order chi connectivity index (χ0) is 19.4. The Kier molecular flexibility index (Phi) is 5.11. The molecule has 1 amide bonds. The van der Waals surface area contributed by atoms with Crippen LogP contribution in [0.15, 0.2) is 55.2 Å². The van der Waals surface area contributed by atoms with Gasteiger partial charge in [0.05, 0.1) is 11.3 Å². The topological polar surface area (TPSA) is 106 Å². The highest BCUT2D eigenvalue weighted by molar-refractivity contribution is 5.95. The summed E-state index contributed by atoms with van der Waals surface area (Å²) in [6, 6.07) is 8.00. The Hall–Kier alpha value is -3.75. The number of nitrogens with zero attached hydrogens (tertiary/aromatic N) is 5. The van der Waals surface area contributed by atoms with Crippen molar-refractivity contribution in [1.29, 1.82) is 0 Å². The molecule has 0 fully saturated rings. The second kappa shape index (κ2) is 7.65. The first-order valence-corrected chi connectivity index (χ1v) is 8.13. The fourth-order valence-electron chi connectivity index (χ4n) is 2.68. The summed E-state index contributed by atoms with van der Waals surface area (Å²) in [6.45, 7) is 0.261. The van der Waals surface area contributed by atoms with Gasteiger partial charge in [-0.15, -0.1) is 0 Å². The Labute approximate surface area is 155 Å². The minimum Gasteiger partial charge on any atom is -0.362 e. The molecule has 0 radical (unpaired) electrons. The summed E-state index contributed by atoms with van der Waals surface area (Å²) in [5.74, 6) is 0.350. The number of carbonyl (C=O) groups is 1. The number of imidazole rings is 1. The van der Waals surface area contributed by atoms with E-state index in [0.29, 0.717) is 5.69 Å². The number of hydrogen-bond donors (Lipinski definition) is 1. The van der Waals surface area contributed by atoms with Gasteiger partial charge in [0.15, 0.2) is 0 Å². The van der Waals surface area contributed by atoms with Crippen molar-refractivity contribution in [2.75, 3.05) is 19.0 Å². The van der Waals surface area contributed by atoms with Crippen LogP contribution in [0.4, 0.5) is 11.5 Å². The number of nitro groups is 1. The van der Waals surface area contributed by atoms with Crippen molar-refractivity contribution in [3.8, 4) is 5.69 Å². The first-order chi connectivity index (χ1) is 13.0. The number of nitro benzene ring substituents is 1. The van der Waals surface area contributed by atoms with Gasteiger partial charge < -0.3 is 14.8 Å². The zero-order valence-electron chi connectivity index (χ0n) is 14.9. The molecule has 27 heavy (non-hydrogen) atoms. The lowest BCUT2D eigenvalue weighted by molar-refractivity contribution is -0.384. The lowest BCUT2D eigenvalue weighted by Gasteiger charge is -2.16. The van der Waals surface area contributed by atoms with Crippen molar-refractivity contribution in [3.05, 3.63) is 76.5 Å². The summed E-state index contributed by atoms with van der Waals surface area (Å²) >= 11 is 0.